The fraction of sp³-hybridized carbons (Fsp3) is 0.682. The van der Waals surface area contributed by atoms with Crippen molar-refractivity contribution < 1.29 is 9.53 Å². The minimum absolute atomic E-state index is 0.150. The summed E-state index contributed by atoms with van der Waals surface area (Å²) in [6.07, 6.45) is 4.63. The molecular formula is C22H33NO2. The Morgan fingerprint density at radius 1 is 1.20 bits per heavy atom. The fourth-order valence-corrected chi connectivity index (χ4v) is 4.29. The first-order valence-corrected chi connectivity index (χ1v) is 9.75. The quantitative estimate of drug-likeness (QED) is 0.689. The van der Waals surface area contributed by atoms with Crippen LogP contribution in [0.15, 0.2) is 24.3 Å². The maximum atomic E-state index is 12.2. The van der Waals surface area contributed by atoms with Gasteiger partial charge >= 0.3 is 6.09 Å². The molecule has 1 aromatic carbocycles. The third-order valence-corrected chi connectivity index (χ3v) is 5.88. The Hall–Kier alpha value is -1.51. The second-order valence-electron chi connectivity index (χ2n) is 9.40. The lowest BCUT2D eigenvalue weighted by atomic mass is 9.56. The van der Waals surface area contributed by atoms with Gasteiger partial charge in [-0.25, -0.2) is 4.79 Å². The lowest BCUT2D eigenvalue weighted by molar-refractivity contribution is -0.0121. The van der Waals surface area contributed by atoms with Crippen LogP contribution in [0.1, 0.15) is 83.3 Å². The maximum Gasteiger partial charge on any atom is 0.410 e. The van der Waals surface area contributed by atoms with Gasteiger partial charge in [-0.2, -0.15) is 0 Å². The molecule has 1 saturated carbocycles. The van der Waals surface area contributed by atoms with Crippen LogP contribution in [-0.4, -0.2) is 29.7 Å². The molecule has 1 saturated heterocycles. The van der Waals surface area contributed by atoms with E-state index in [2.05, 4.69) is 38.1 Å². The van der Waals surface area contributed by atoms with Gasteiger partial charge in [-0.05, 0) is 74.8 Å². The summed E-state index contributed by atoms with van der Waals surface area (Å²) in [5.41, 5.74) is 3.00. The Morgan fingerprint density at radius 2 is 1.84 bits per heavy atom. The van der Waals surface area contributed by atoms with E-state index in [9.17, 15) is 4.79 Å². The smallest absolute Gasteiger partial charge is 0.410 e. The van der Waals surface area contributed by atoms with E-state index in [1.807, 2.05) is 25.7 Å². The highest BCUT2D eigenvalue weighted by atomic mass is 16.6. The Kier molecular flexibility index (Phi) is 4.87. The van der Waals surface area contributed by atoms with Gasteiger partial charge < -0.3 is 9.64 Å². The summed E-state index contributed by atoms with van der Waals surface area (Å²) in [4.78, 5) is 14.1. The maximum absolute atomic E-state index is 12.2. The van der Waals surface area contributed by atoms with Crippen molar-refractivity contribution in [3.8, 4) is 0 Å². The second-order valence-corrected chi connectivity index (χ2v) is 9.40. The predicted octanol–water partition coefficient (Wildman–Crippen LogP) is 5.70. The van der Waals surface area contributed by atoms with Crippen LogP contribution in [0, 0.1) is 5.41 Å². The average molecular weight is 344 g/mol. The summed E-state index contributed by atoms with van der Waals surface area (Å²) in [5, 5.41) is 0. The molecule has 0 unspecified atom stereocenters. The minimum Gasteiger partial charge on any atom is -0.444 e. The van der Waals surface area contributed by atoms with E-state index in [0.717, 1.165) is 25.9 Å². The highest BCUT2D eigenvalue weighted by molar-refractivity contribution is 5.68. The zero-order valence-corrected chi connectivity index (χ0v) is 16.5. The largest absolute Gasteiger partial charge is 0.444 e. The number of benzene rings is 1. The number of hydrogen-bond acceptors (Lipinski definition) is 2. The Bertz CT molecular complexity index is 613. The van der Waals surface area contributed by atoms with Crippen LogP contribution in [-0.2, 0) is 4.74 Å². The van der Waals surface area contributed by atoms with Crippen molar-refractivity contribution in [3.63, 3.8) is 0 Å². The zero-order chi connectivity index (χ0) is 18.2. The first-order valence-electron chi connectivity index (χ1n) is 9.75. The predicted molar refractivity (Wildman–Crippen MR) is 102 cm³/mol. The van der Waals surface area contributed by atoms with Gasteiger partial charge in [0.1, 0.15) is 5.60 Å². The number of carbonyl (C=O) groups is 1. The Morgan fingerprint density at radius 3 is 2.40 bits per heavy atom. The number of rotatable bonds is 2. The summed E-state index contributed by atoms with van der Waals surface area (Å²) >= 11 is 0. The topological polar surface area (TPSA) is 29.5 Å². The van der Waals surface area contributed by atoms with Crippen LogP contribution in [0.4, 0.5) is 4.79 Å². The van der Waals surface area contributed by atoms with Crippen molar-refractivity contribution in [2.45, 2.75) is 77.7 Å². The molecule has 2 fully saturated rings. The van der Waals surface area contributed by atoms with Crippen molar-refractivity contribution in [3.05, 3.63) is 35.4 Å². The van der Waals surface area contributed by atoms with Crippen LogP contribution >= 0.6 is 0 Å². The molecule has 1 aromatic rings. The van der Waals surface area contributed by atoms with Crippen LogP contribution in [0.5, 0.6) is 0 Å². The molecule has 1 aliphatic carbocycles. The highest BCUT2D eigenvalue weighted by Crippen LogP contribution is 2.56. The van der Waals surface area contributed by atoms with Gasteiger partial charge in [0.2, 0.25) is 0 Å². The third kappa shape index (κ3) is 4.19. The molecule has 0 radical (unpaired) electrons. The van der Waals surface area contributed by atoms with E-state index in [1.165, 1.54) is 24.0 Å². The van der Waals surface area contributed by atoms with Gasteiger partial charge in [0.15, 0.2) is 0 Å². The van der Waals surface area contributed by atoms with Crippen LogP contribution in [0.25, 0.3) is 0 Å². The number of carbonyl (C=O) groups excluding carboxylic acids is 1. The SMILES string of the molecule is CC(C)c1cccc(C2CC3(CCN(C(=O)OC(C)(C)C)CC3)C2)c1. The summed E-state index contributed by atoms with van der Waals surface area (Å²) in [7, 11) is 0. The molecule has 1 spiro atoms. The normalized spacial score (nSPS) is 20.6. The van der Waals surface area contributed by atoms with Gasteiger partial charge in [0.05, 0.1) is 0 Å². The number of piperidine rings is 1. The fourth-order valence-electron chi connectivity index (χ4n) is 4.29. The summed E-state index contributed by atoms with van der Waals surface area (Å²) in [5.74, 6) is 1.29. The number of likely N-dealkylation sites (tertiary alicyclic amines) is 1. The molecule has 0 N–H and O–H groups in total. The summed E-state index contributed by atoms with van der Waals surface area (Å²) < 4.78 is 5.51. The van der Waals surface area contributed by atoms with Crippen molar-refractivity contribution in [2.75, 3.05) is 13.1 Å². The Labute approximate surface area is 152 Å². The molecule has 1 heterocycles. The van der Waals surface area contributed by atoms with Crippen molar-refractivity contribution in [1.82, 2.24) is 4.90 Å². The van der Waals surface area contributed by atoms with Gasteiger partial charge in [-0.3, -0.25) is 0 Å². The monoisotopic (exact) mass is 343 g/mol. The van der Waals surface area contributed by atoms with E-state index in [0.29, 0.717) is 17.3 Å². The molecule has 138 valence electrons. The number of ether oxygens (including phenoxy) is 1. The van der Waals surface area contributed by atoms with Crippen LogP contribution in [0.2, 0.25) is 0 Å². The van der Waals surface area contributed by atoms with Crippen molar-refractivity contribution >= 4 is 6.09 Å². The standard InChI is InChI=1S/C22H33NO2/c1-16(2)17-7-6-8-18(13-17)19-14-22(15-19)9-11-23(12-10-22)20(24)25-21(3,4)5/h6-8,13,16,19H,9-12,14-15H2,1-5H3. The first-order chi connectivity index (χ1) is 11.7. The van der Waals surface area contributed by atoms with Crippen LogP contribution < -0.4 is 0 Å². The third-order valence-electron chi connectivity index (χ3n) is 5.88. The molecule has 25 heavy (non-hydrogen) atoms. The number of nitrogens with zero attached hydrogens (tertiary/aromatic N) is 1. The molecule has 1 amide bonds. The molecule has 2 aliphatic rings. The molecule has 0 atom stereocenters. The molecular weight excluding hydrogens is 310 g/mol. The molecule has 3 rings (SSSR count). The number of hydrogen-bond donors (Lipinski definition) is 0. The van der Waals surface area contributed by atoms with Gasteiger partial charge in [-0.15, -0.1) is 0 Å². The molecule has 1 aliphatic heterocycles. The first kappa shape index (κ1) is 18.3. The highest BCUT2D eigenvalue weighted by Gasteiger charge is 2.47. The molecule has 3 heteroatoms. The molecule has 0 aromatic heterocycles. The summed E-state index contributed by atoms with van der Waals surface area (Å²) in [6, 6.07) is 9.14. The second kappa shape index (κ2) is 6.66. The minimum atomic E-state index is -0.408. The zero-order valence-electron chi connectivity index (χ0n) is 16.5. The Balaban J connectivity index is 1.53. The average Bonchev–Trinajstić information content (AvgIpc) is 2.51. The molecule has 0 bridgehead atoms. The van der Waals surface area contributed by atoms with Gasteiger partial charge in [0, 0.05) is 13.1 Å². The van der Waals surface area contributed by atoms with E-state index in [-0.39, 0.29) is 6.09 Å². The van der Waals surface area contributed by atoms with Crippen molar-refractivity contribution in [1.29, 1.82) is 0 Å². The van der Waals surface area contributed by atoms with Crippen LogP contribution in [0.3, 0.4) is 0 Å². The van der Waals surface area contributed by atoms with E-state index >= 15 is 0 Å². The van der Waals surface area contributed by atoms with Crippen molar-refractivity contribution in [2.24, 2.45) is 5.41 Å². The number of amides is 1. The lowest BCUT2D eigenvalue weighted by Crippen LogP contribution is -2.49. The molecule has 3 nitrogen and oxygen atoms in total. The van der Waals surface area contributed by atoms with E-state index in [4.69, 9.17) is 4.74 Å². The van der Waals surface area contributed by atoms with E-state index < -0.39 is 5.60 Å². The van der Waals surface area contributed by atoms with E-state index in [1.54, 1.807) is 0 Å². The van der Waals surface area contributed by atoms with Gasteiger partial charge in [-0.1, -0.05) is 38.1 Å². The van der Waals surface area contributed by atoms with Gasteiger partial charge in [0.25, 0.3) is 0 Å². The lowest BCUT2D eigenvalue weighted by Gasteiger charge is -2.52. The summed E-state index contributed by atoms with van der Waals surface area (Å²) in [6.45, 7) is 12.0.